The van der Waals surface area contributed by atoms with Gasteiger partial charge in [-0.2, -0.15) is 0 Å². The first kappa shape index (κ1) is 44.1. The Morgan fingerprint density at radius 3 is 1.34 bits per heavy atom. The minimum Gasteiger partial charge on any atom is -0.449 e. The van der Waals surface area contributed by atoms with Crippen LogP contribution in [0.15, 0.2) is 0 Å². The number of aliphatic hydroxyl groups excluding tert-OH is 3. The number of rotatable bonds is 32. The van der Waals surface area contributed by atoms with Crippen molar-refractivity contribution in [1.29, 1.82) is 0 Å². The molecule has 1 saturated heterocycles. The van der Waals surface area contributed by atoms with E-state index >= 15 is 0 Å². The lowest BCUT2D eigenvalue weighted by atomic mass is 9.96. The van der Waals surface area contributed by atoms with Gasteiger partial charge in [0.25, 0.3) is 0 Å². The van der Waals surface area contributed by atoms with Gasteiger partial charge in [0.15, 0.2) is 6.23 Å². The zero-order valence-corrected chi connectivity index (χ0v) is 30.9. The maximum atomic E-state index is 13.2. The highest BCUT2D eigenvalue weighted by Gasteiger charge is 2.46. The predicted molar refractivity (Wildman–Crippen MR) is 194 cm³/mol. The number of carbonyl (C=O) groups excluding carboxylic acids is 1. The number of hydrogen-bond donors (Lipinski definition) is 4. The van der Waals surface area contributed by atoms with Crippen LogP contribution in [0.2, 0.25) is 0 Å². The highest BCUT2D eigenvalue weighted by molar-refractivity contribution is 5.68. The van der Waals surface area contributed by atoms with Gasteiger partial charge in [0, 0.05) is 6.54 Å². The van der Waals surface area contributed by atoms with Crippen molar-refractivity contribution < 1.29 is 29.6 Å². The van der Waals surface area contributed by atoms with Crippen LogP contribution in [0.25, 0.3) is 0 Å². The predicted octanol–water partition coefficient (Wildman–Crippen LogP) is 9.15. The van der Waals surface area contributed by atoms with Crippen LogP contribution >= 0.6 is 0 Å². The maximum Gasteiger partial charge on any atom is 0.411 e. The van der Waals surface area contributed by atoms with E-state index in [0.717, 1.165) is 38.5 Å². The molecule has 0 spiro atoms. The van der Waals surface area contributed by atoms with Crippen molar-refractivity contribution in [1.82, 2.24) is 4.90 Å². The molecule has 1 aliphatic heterocycles. The Morgan fingerprint density at radius 2 is 0.957 bits per heavy atom. The second-order valence-corrected chi connectivity index (χ2v) is 14.3. The minimum absolute atomic E-state index is 0.336. The molecule has 8 heteroatoms. The summed E-state index contributed by atoms with van der Waals surface area (Å²) in [5, 5.41) is 30.4. The fraction of sp³-hybridized carbons (Fsp3) is 0.974. The normalized spacial score (nSPS) is 21.3. The lowest BCUT2D eigenvalue weighted by molar-refractivity contribution is -0.221. The van der Waals surface area contributed by atoms with Crippen LogP contribution in [0, 0.1) is 0 Å². The minimum atomic E-state index is -1.30. The van der Waals surface area contributed by atoms with E-state index in [1.54, 1.807) is 0 Å². The first-order valence-corrected chi connectivity index (χ1v) is 20.3. The molecule has 1 rings (SSSR count). The van der Waals surface area contributed by atoms with Crippen molar-refractivity contribution in [2.45, 2.75) is 224 Å². The number of ether oxygens (including phenoxy) is 2. The molecule has 5 N–H and O–H groups in total. The van der Waals surface area contributed by atoms with Gasteiger partial charge in [0.05, 0.1) is 19.3 Å². The van der Waals surface area contributed by atoms with Gasteiger partial charge >= 0.3 is 6.09 Å². The molecular weight excluding hydrogens is 592 g/mol. The quantitative estimate of drug-likeness (QED) is 0.0526. The summed E-state index contributed by atoms with van der Waals surface area (Å²) in [6.45, 7) is 4.79. The van der Waals surface area contributed by atoms with E-state index in [1.807, 2.05) is 0 Å². The van der Waals surface area contributed by atoms with Crippen molar-refractivity contribution >= 4 is 6.09 Å². The van der Waals surface area contributed by atoms with Gasteiger partial charge < -0.3 is 30.5 Å². The van der Waals surface area contributed by atoms with Crippen LogP contribution in [0.5, 0.6) is 0 Å². The number of carbonyl (C=O) groups is 1. The van der Waals surface area contributed by atoms with Crippen LogP contribution in [-0.2, 0) is 9.47 Å². The molecule has 8 nitrogen and oxygen atoms in total. The summed E-state index contributed by atoms with van der Waals surface area (Å²) in [6.07, 6.45) is 30.2. The van der Waals surface area contributed by atoms with Crippen LogP contribution < -0.4 is 5.73 Å². The summed E-state index contributed by atoms with van der Waals surface area (Å²) >= 11 is 0. The van der Waals surface area contributed by atoms with Gasteiger partial charge in [-0.1, -0.05) is 181 Å². The van der Waals surface area contributed by atoms with E-state index in [4.69, 9.17) is 15.2 Å². The number of unbranched alkanes of at least 4 members (excludes halogenated alkanes) is 26. The molecular formula is C39H78N2O6. The first-order chi connectivity index (χ1) is 23.0. The lowest BCUT2D eigenvalue weighted by Gasteiger charge is -2.44. The summed E-state index contributed by atoms with van der Waals surface area (Å²) in [5.74, 6) is 0. The molecule has 1 amide bonds. The first-order valence-electron chi connectivity index (χ1n) is 20.3. The summed E-state index contributed by atoms with van der Waals surface area (Å²) in [5.41, 5.74) is 6.23. The molecule has 47 heavy (non-hydrogen) atoms. The Morgan fingerprint density at radius 1 is 0.596 bits per heavy atom. The molecule has 0 aliphatic carbocycles. The largest absolute Gasteiger partial charge is 0.449 e. The van der Waals surface area contributed by atoms with Crippen molar-refractivity contribution in [2.24, 2.45) is 5.73 Å². The molecule has 1 aliphatic rings. The number of amides is 1. The average Bonchev–Trinajstić information content (AvgIpc) is 3.07. The Kier molecular flexibility index (Phi) is 29.2. The highest BCUT2D eigenvalue weighted by Crippen LogP contribution is 2.24. The highest BCUT2D eigenvalue weighted by atomic mass is 16.6. The van der Waals surface area contributed by atoms with E-state index in [9.17, 15) is 20.1 Å². The number of nitrogens with two attached hydrogens (primary N) is 1. The third-order valence-corrected chi connectivity index (χ3v) is 9.97. The zero-order chi connectivity index (χ0) is 34.4. The molecule has 1 fully saturated rings. The SMILES string of the molecule is CCCCCCCCCCCCCCCCCCOC(=O)N(CCCCCCCCCCCCCC)[C@@H]1O[C@H](CO)[C@@H](O)[C@H](O)[C@H]1N. The van der Waals surface area contributed by atoms with Gasteiger partial charge in [0.2, 0.25) is 0 Å². The Labute approximate surface area is 289 Å². The van der Waals surface area contributed by atoms with Crippen molar-refractivity contribution in [3.05, 3.63) is 0 Å². The van der Waals surface area contributed by atoms with E-state index in [-0.39, 0.29) is 0 Å². The summed E-state index contributed by atoms with van der Waals surface area (Å²) in [6, 6.07) is -0.992. The molecule has 1 heterocycles. The smallest absolute Gasteiger partial charge is 0.411 e. The van der Waals surface area contributed by atoms with Crippen LogP contribution in [-0.4, -0.2) is 76.7 Å². The molecule has 0 bridgehead atoms. The van der Waals surface area contributed by atoms with Crippen LogP contribution in [0.4, 0.5) is 4.79 Å². The monoisotopic (exact) mass is 671 g/mol. The number of aliphatic hydroxyl groups is 3. The summed E-state index contributed by atoms with van der Waals surface area (Å²) in [7, 11) is 0. The van der Waals surface area contributed by atoms with Crippen LogP contribution in [0.1, 0.15) is 194 Å². The second kappa shape index (κ2) is 31.1. The zero-order valence-electron chi connectivity index (χ0n) is 30.9. The van der Waals surface area contributed by atoms with Gasteiger partial charge in [-0.05, 0) is 12.8 Å². The Hall–Kier alpha value is -0.930. The lowest BCUT2D eigenvalue weighted by Crippen LogP contribution is -2.67. The Bertz CT molecular complexity index is 696. The van der Waals surface area contributed by atoms with Crippen molar-refractivity contribution in [3.8, 4) is 0 Å². The fourth-order valence-electron chi connectivity index (χ4n) is 6.74. The van der Waals surface area contributed by atoms with E-state index in [0.29, 0.717) is 13.2 Å². The molecule has 0 saturated carbocycles. The fourth-order valence-corrected chi connectivity index (χ4v) is 6.74. The van der Waals surface area contributed by atoms with Crippen LogP contribution in [0.3, 0.4) is 0 Å². The second-order valence-electron chi connectivity index (χ2n) is 14.3. The van der Waals surface area contributed by atoms with E-state index in [2.05, 4.69) is 13.8 Å². The molecule has 0 radical (unpaired) electrons. The Balaban J connectivity index is 2.28. The maximum absolute atomic E-state index is 13.2. The van der Waals surface area contributed by atoms with Gasteiger partial charge in [0.1, 0.15) is 18.3 Å². The molecule has 280 valence electrons. The van der Waals surface area contributed by atoms with E-state index in [1.165, 1.54) is 146 Å². The van der Waals surface area contributed by atoms with Gasteiger partial charge in [-0.15, -0.1) is 0 Å². The van der Waals surface area contributed by atoms with Gasteiger partial charge in [-0.25, -0.2) is 4.79 Å². The average molecular weight is 671 g/mol. The standard InChI is InChI=1S/C39H78N2O6/c1-3-5-7-9-11-13-15-17-18-19-20-22-24-26-28-30-32-46-39(45)41(38-35(40)37(44)36(43)34(33-42)47-38)31-29-27-25-23-21-16-14-12-10-8-6-4-2/h34-38,42-44H,3-33,40H2,1-2H3/t34-,35-,36-,37-,38-/m1/s1. The molecule has 0 aromatic heterocycles. The van der Waals surface area contributed by atoms with Crippen molar-refractivity contribution in [3.63, 3.8) is 0 Å². The summed E-state index contributed by atoms with van der Waals surface area (Å²) < 4.78 is 11.5. The van der Waals surface area contributed by atoms with Crippen molar-refractivity contribution in [2.75, 3.05) is 19.8 Å². The third-order valence-electron chi connectivity index (χ3n) is 9.97. The van der Waals surface area contributed by atoms with Gasteiger partial charge in [-0.3, -0.25) is 4.90 Å². The molecule has 5 atom stereocenters. The van der Waals surface area contributed by atoms with E-state index < -0.39 is 43.3 Å². The number of hydrogen-bond acceptors (Lipinski definition) is 7. The molecule has 0 unspecified atom stereocenters. The summed E-state index contributed by atoms with van der Waals surface area (Å²) in [4.78, 5) is 14.7. The molecule has 0 aromatic carbocycles. The third kappa shape index (κ3) is 21.7. The molecule has 0 aromatic rings. The number of nitrogens with zero attached hydrogens (tertiary/aromatic N) is 1. The topological polar surface area (TPSA) is 125 Å².